The van der Waals surface area contributed by atoms with Crippen LogP contribution in [0, 0.1) is 0 Å². The van der Waals surface area contributed by atoms with Crippen LogP contribution in [0.15, 0.2) is 23.8 Å². The first-order chi connectivity index (χ1) is 14.2. The van der Waals surface area contributed by atoms with Crippen molar-refractivity contribution in [2.45, 2.75) is 31.8 Å². The highest BCUT2D eigenvalue weighted by atomic mass is 32.1. The number of aromatic nitrogens is 2. The van der Waals surface area contributed by atoms with Gasteiger partial charge in [-0.15, -0.1) is 11.3 Å². The Morgan fingerprint density at radius 3 is 3.14 bits per heavy atom. The number of thiophene rings is 1. The summed E-state index contributed by atoms with van der Waals surface area (Å²) in [6, 6.07) is 4.34. The van der Waals surface area contributed by atoms with Gasteiger partial charge in [-0.05, 0) is 36.3 Å². The molecule has 0 bridgehead atoms. The summed E-state index contributed by atoms with van der Waals surface area (Å²) in [6.07, 6.45) is 4.85. The number of hydrogen-bond acceptors (Lipinski definition) is 7. The first-order valence-electron chi connectivity index (χ1n) is 10.3. The lowest BCUT2D eigenvalue weighted by Gasteiger charge is -2.27. The molecule has 0 aliphatic carbocycles. The van der Waals surface area contributed by atoms with E-state index in [0.29, 0.717) is 13.1 Å². The molecule has 2 aliphatic heterocycles. The van der Waals surface area contributed by atoms with E-state index in [1.54, 1.807) is 6.33 Å². The van der Waals surface area contributed by atoms with Gasteiger partial charge in [-0.1, -0.05) is 0 Å². The molecule has 1 atom stereocenters. The molecule has 8 nitrogen and oxygen atoms in total. The highest BCUT2D eigenvalue weighted by Crippen LogP contribution is 2.25. The van der Waals surface area contributed by atoms with E-state index in [2.05, 4.69) is 47.2 Å². The SMILES string of the molecule is CNc1cc(N2CCCC2CNC(=O)NCCN2CCc3sccc3C2)ncn1. The summed E-state index contributed by atoms with van der Waals surface area (Å²) in [4.78, 5) is 27.0. The lowest BCUT2D eigenvalue weighted by Crippen LogP contribution is -2.46. The number of amides is 2. The monoisotopic (exact) mass is 415 g/mol. The highest BCUT2D eigenvalue weighted by molar-refractivity contribution is 7.10. The molecule has 156 valence electrons. The molecule has 2 aromatic rings. The fraction of sp³-hybridized carbons (Fsp3) is 0.550. The third-order valence-corrected chi connectivity index (χ3v) is 6.70. The van der Waals surface area contributed by atoms with Crippen molar-refractivity contribution in [1.82, 2.24) is 25.5 Å². The predicted molar refractivity (Wildman–Crippen MR) is 117 cm³/mol. The van der Waals surface area contributed by atoms with Crippen LogP contribution in [-0.4, -0.2) is 66.7 Å². The van der Waals surface area contributed by atoms with Crippen molar-refractivity contribution in [1.29, 1.82) is 0 Å². The maximum atomic E-state index is 12.2. The summed E-state index contributed by atoms with van der Waals surface area (Å²) >= 11 is 1.85. The molecule has 9 heteroatoms. The second-order valence-electron chi connectivity index (χ2n) is 7.53. The van der Waals surface area contributed by atoms with Gasteiger partial charge >= 0.3 is 6.03 Å². The summed E-state index contributed by atoms with van der Waals surface area (Å²) in [5, 5.41) is 11.3. The molecule has 1 saturated heterocycles. The topological polar surface area (TPSA) is 85.4 Å². The molecule has 29 heavy (non-hydrogen) atoms. The number of nitrogens with zero attached hydrogens (tertiary/aromatic N) is 4. The van der Waals surface area contributed by atoms with E-state index in [-0.39, 0.29) is 12.1 Å². The number of urea groups is 1. The normalized spacial score (nSPS) is 19.1. The van der Waals surface area contributed by atoms with Crippen molar-refractivity contribution in [2.75, 3.05) is 50.0 Å². The van der Waals surface area contributed by atoms with Crippen LogP contribution < -0.4 is 20.9 Å². The van der Waals surface area contributed by atoms with Gasteiger partial charge in [-0.3, -0.25) is 4.90 Å². The van der Waals surface area contributed by atoms with Crippen molar-refractivity contribution in [3.8, 4) is 0 Å². The average molecular weight is 416 g/mol. The Morgan fingerprint density at radius 2 is 2.24 bits per heavy atom. The third kappa shape index (κ3) is 4.97. The molecule has 0 spiro atoms. The zero-order chi connectivity index (χ0) is 20.1. The third-order valence-electron chi connectivity index (χ3n) is 5.68. The molecular weight excluding hydrogens is 386 g/mol. The fourth-order valence-electron chi connectivity index (χ4n) is 4.09. The second kappa shape index (κ2) is 9.41. The molecule has 2 amide bonds. The molecule has 2 aliphatic rings. The predicted octanol–water partition coefficient (Wildman–Crippen LogP) is 1.91. The van der Waals surface area contributed by atoms with Crippen LogP contribution in [0.1, 0.15) is 23.3 Å². The minimum atomic E-state index is -0.0938. The molecule has 0 aromatic carbocycles. The van der Waals surface area contributed by atoms with Crippen LogP contribution in [0.4, 0.5) is 16.4 Å². The molecule has 2 aromatic heterocycles. The van der Waals surface area contributed by atoms with E-state index >= 15 is 0 Å². The molecule has 1 fully saturated rings. The Morgan fingerprint density at radius 1 is 1.31 bits per heavy atom. The molecule has 4 rings (SSSR count). The van der Waals surface area contributed by atoms with Gasteiger partial charge in [0.05, 0.1) is 0 Å². The summed E-state index contributed by atoms with van der Waals surface area (Å²) in [7, 11) is 1.85. The number of anilines is 2. The summed E-state index contributed by atoms with van der Waals surface area (Å²) in [5.74, 6) is 1.71. The number of carbonyl (C=O) groups is 1. The van der Waals surface area contributed by atoms with Crippen molar-refractivity contribution in [3.63, 3.8) is 0 Å². The smallest absolute Gasteiger partial charge is 0.314 e. The average Bonchev–Trinajstić information content (AvgIpc) is 3.41. The number of hydrogen-bond donors (Lipinski definition) is 3. The van der Waals surface area contributed by atoms with Crippen LogP contribution >= 0.6 is 11.3 Å². The molecule has 0 saturated carbocycles. The van der Waals surface area contributed by atoms with Crippen molar-refractivity contribution in [3.05, 3.63) is 34.3 Å². The van der Waals surface area contributed by atoms with Gasteiger partial charge < -0.3 is 20.9 Å². The van der Waals surface area contributed by atoms with Crippen LogP contribution in [0.25, 0.3) is 0 Å². The summed E-state index contributed by atoms with van der Waals surface area (Å²) in [5.41, 5.74) is 1.44. The van der Waals surface area contributed by atoms with Crippen LogP contribution in [0.2, 0.25) is 0 Å². The Hall–Kier alpha value is -2.39. The zero-order valence-electron chi connectivity index (χ0n) is 16.9. The van der Waals surface area contributed by atoms with E-state index < -0.39 is 0 Å². The quantitative estimate of drug-likeness (QED) is 0.641. The second-order valence-corrected chi connectivity index (χ2v) is 8.53. The van der Waals surface area contributed by atoms with Crippen molar-refractivity contribution < 1.29 is 4.79 Å². The van der Waals surface area contributed by atoms with Crippen LogP contribution in [0.5, 0.6) is 0 Å². The van der Waals surface area contributed by atoms with Gasteiger partial charge in [0.1, 0.15) is 18.0 Å². The maximum absolute atomic E-state index is 12.2. The molecule has 0 radical (unpaired) electrons. The number of rotatable bonds is 7. The van der Waals surface area contributed by atoms with E-state index in [1.165, 1.54) is 10.4 Å². The van der Waals surface area contributed by atoms with Gasteiger partial charge in [0.15, 0.2) is 0 Å². The highest BCUT2D eigenvalue weighted by Gasteiger charge is 2.26. The lowest BCUT2D eigenvalue weighted by atomic mass is 10.1. The van der Waals surface area contributed by atoms with Gasteiger partial charge in [-0.25, -0.2) is 14.8 Å². The van der Waals surface area contributed by atoms with Crippen molar-refractivity contribution in [2.24, 2.45) is 0 Å². The Balaban J connectivity index is 1.19. The van der Waals surface area contributed by atoms with Gasteiger partial charge in [0.2, 0.25) is 0 Å². The Bertz CT molecular complexity index is 827. The minimum absolute atomic E-state index is 0.0938. The number of carbonyl (C=O) groups excluding carboxylic acids is 1. The Labute approximate surface area is 175 Å². The van der Waals surface area contributed by atoms with Gasteiger partial charge in [-0.2, -0.15) is 0 Å². The van der Waals surface area contributed by atoms with Crippen LogP contribution in [0.3, 0.4) is 0 Å². The van der Waals surface area contributed by atoms with E-state index in [4.69, 9.17) is 0 Å². The van der Waals surface area contributed by atoms with E-state index in [0.717, 1.165) is 57.1 Å². The number of nitrogens with one attached hydrogen (secondary N) is 3. The first kappa shape index (κ1) is 19.9. The maximum Gasteiger partial charge on any atom is 0.314 e. The largest absolute Gasteiger partial charge is 0.373 e. The fourth-order valence-corrected chi connectivity index (χ4v) is 4.98. The van der Waals surface area contributed by atoms with Gasteiger partial charge in [0, 0.05) is 63.3 Å². The zero-order valence-corrected chi connectivity index (χ0v) is 17.7. The standard InChI is InChI=1S/C20H29N7OS/c1-21-18-11-19(25-14-24-18)27-7-2-3-16(27)12-23-20(28)22-6-9-26-8-4-17-15(13-26)5-10-29-17/h5,10-11,14,16H,2-4,6-9,12-13H2,1H3,(H,21,24,25)(H2,22,23,28). The van der Waals surface area contributed by atoms with Gasteiger partial charge in [0.25, 0.3) is 0 Å². The summed E-state index contributed by atoms with van der Waals surface area (Å²) in [6.45, 7) is 5.18. The molecule has 1 unspecified atom stereocenters. The minimum Gasteiger partial charge on any atom is -0.373 e. The number of fused-ring (bicyclic) bond motifs is 1. The van der Waals surface area contributed by atoms with E-state index in [1.807, 2.05) is 24.5 Å². The summed E-state index contributed by atoms with van der Waals surface area (Å²) < 4.78 is 0. The van der Waals surface area contributed by atoms with Crippen LogP contribution in [-0.2, 0) is 13.0 Å². The Kier molecular flexibility index (Phi) is 6.46. The first-order valence-corrected chi connectivity index (χ1v) is 11.2. The van der Waals surface area contributed by atoms with E-state index in [9.17, 15) is 4.79 Å². The van der Waals surface area contributed by atoms with Crippen molar-refractivity contribution >= 4 is 29.0 Å². The molecule has 3 N–H and O–H groups in total. The molecular formula is C20H29N7OS. The lowest BCUT2D eigenvalue weighted by molar-refractivity contribution is 0.230. The molecule has 4 heterocycles.